The Kier molecular flexibility index (Phi) is 6.03. The standard InChI is InChI=1S/C21H25ClN6O2/c1-14-17(9-10-18(29)27-11-3-2-4-12-27)19(30)28-21(24-14)25-20(26-28)23-13-15-5-7-16(22)8-6-15/h5-8H,2-4,9-13H2,1H3,(H2,23,24,25,26). The molecular formula is C21H25ClN6O2. The molecule has 30 heavy (non-hydrogen) atoms. The number of likely N-dealkylation sites (tertiary alicyclic amines) is 1. The molecule has 2 N–H and O–H groups in total. The number of aromatic nitrogens is 4. The lowest BCUT2D eigenvalue weighted by molar-refractivity contribution is -0.132. The van der Waals surface area contributed by atoms with Gasteiger partial charge in [-0.2, -0.15) is 9.50 Å². The number of benzene rings is 1. The zero-order valence-electron chi connectivity index (χ0n) is 16.9. The molecule has 2 aromatic heterocycles. The second-order valence-corrected chi connectivity index (χ2v) is 8.05. The summed E-state index contributed by atoms with van der Waals surface area (Å²) in [6.45, 7) is 3.95. The number of anilines is 1. The third-order valence-electron chi connectivity index (χ3n) is 5.47. The third kappa shape index (κ3) is 4.48. The molecule has 158 valence electrons. The zero-order chi connectivity index (χ0) is 21.1. The van der Waals surface area contributed by atoms with Gasteiger partial charge >= 0.3 is 0 Å². The maximum absolute atomic E-state index is 12.9. The minimum Gasteiger partial charge on any atom is -0.351 e. The first-order valence-electron chi connectivity index (χ1n) is 10.3. The molecule has 8 nitrogen and oxygen atoms in total. The highest BCUT2D eigenvalue weighted by molar-refractivity contribution is 6.30. The molecule has 3 heterocycles. The molecule has 4 rings (SSSR count). The fraction of sp³-hybridized carbons (Fsp3) is 0.429. The van der Waals surface area contributed by atoms with Crippen LogP contribution in [-0.4, -0.2) is 43.5 Å². The molecule has 9 heteroatoms. The normalized spacial score (nSPS) is 14.3. The van der Waals surface area contributed by atoms with Gasteiger partial charge in [0, 0.05) is 36.6 Å². The summed E-state index contributed by atoms with van der Waals surface area (Å²) in [5.41, 5.74) is 1.98. The van der Waals surface area contributed by atoms with Crippen LogP contribution in [0, 0.1) is 6.92 Å². The van der Waals surface area contributed by atoms with Gasteiger partial charge in [0.15, 0.2) is 0 Å². The van der Waals surface area contributed by atoms with Gasteiger partial charge in [-0.15, -0.1) is 0 Å². The molecule has 0 aliphatic carbocycles. The molecule has 1 fully saturated rings. The van der Waals surface area contributed by atoms with Gasteiger partial charge in [0.05, 0.1) is 5.69 Å². The van der Waals surface area contributed by atoms with Crippen LogP contribution in [0.3, 0.4) is 0 Å². The van der Waals surface area contributed by atoms with E-state index < -0.39 is 0 Å². The molecule has 0 unspecified atom stereocenters. The van der Waals surface area contributed by atoms with Crippen molar-refractivity contribution in [2.45, 2.75) is 45.6 Å². The first-order chi connectivity index (χ1) is 14.5. The number of rotatable bonds is 6. The minimum atomic E-state index is -0.212. The minimum absolute atomic E-state index is 0.105. The average Bonchev–Trinajstić information content (AvgIpc) is 3.16. The number of piperidine rings is 1. The third-order valence-corrected chi connectivity index (χ3v) is 5.72. The van der Waals surface area contributed by atoms with Crippen LogP contribution in [-0.2, 0) is 17.8 Å². The Morgan fingerprint density at radius 2 is 1.90 bits per heavy atom. The van der Waals surface area contributed by atoms with Crippen molar-refractivity contribution in [2.24, 2.45) is 0 Å². The van der Waals surface area contributed by atoms with Gasteiger partial charge < -0.3 is 10.2 Å². The SMILES string of the molecule is Cc1nc2nc(NCc3ccc(Cl)cc3)[nH]n2c(=O)c1CCC(=O)N1CCCCC1. The molecule has 0 saturated carbocycles. The highest BCUT2D eigenvalue weighted by Crippen LogP contribution is 2.13. The fourth-order valence-electron chi connectivity index (χ4n) is 3.74. The van der Waals surface area contributed by atoms with Gasteiger partial charge in [0.25, 0.3) is 11.3 Å². The molecule has 1 saturated heterocycles. The number of carbonyl (C=O) groups is 1. The van der Waals surface area contributed by atoms with Crippen LogP contribution < -0.4 is 10.9 Å². The van der Waals surface area contributed by atoms with Crippen LogP contribution in [0.1, 0.15) is 42.5 Å². The first kappa shape index (κ1) is 20.4. The van der Waals surface area contributed by atoms with E-state index in [0.717, 1.165) is 31.5 Å². The lowest BCUT2D eigenvalue weighted by Gasteiger charge is -2.26. The summed E-state index contributed by atoms with van der Waals surface area (Å²) in [5.74, 6) is 0.867. The van der Waals surface area contributed by atoms with E-state index in [1.54, 1.807) is 6.92 Å². The number of carbonyl (C=O) groups excluding carboxylic acids is 1. The van der Waals surface area contributed by atoms with Crippen molar-refractivity contribution in [3.8, 4) is 0 Å². The lowest BCUT2D eigenvalue weighted by atomic mass is 10.1. The smallest absolute Gasteiger partial charge is 0.277 e. The average molecular weight is 429 g/mol. The monoisotopic (exact) mass is 428 g/mol. The summed E-state index contributed by atoms with van der Waals surface area (Å²) in [5, 5.41) is 6.80. The van der Waals surface area contributed by atoms with Crippen LogP contribution in [0.15, 0.2) is 29.1 Å². The van der Waals surface area contributed by atoms with Gasteiger partial charge in [-0.25, -0.2) is 4.98 Å². The van der Waals surface area contributed by atoms with Crippen molar-refractivity contribution in [2.75, 3.05) is 18.4 Å². The van der Waals surface area contributed by atoms with Crippen molar-refractivity contribution in [3.63, 3.8) is 0 Å². The summed E-state index contributed by atoms with van der Waals surface area (Å²) in [7, 11) is 0. The van der Waals surface area contributed by atoms with Crippen LogP contribution in [0.2, 0.25) is 5.02 Å². The Morgan fingerprint density at radius 1 is 1.17 bits per heavy atom. The van der Waals surface area contributed by atoms with E-state index in [-0.39, 0.29) is 11.5 Å². The Bertz CT molecular complexity index is 1100. The van der Waals surface area contributed by atoms with E-state index >= 15 is 0 Å². The summed E-state index contributed by atoms with van der Waals surface area (Å²) in [6, 6.07) is 7.49. The lowest BCUT2D eigenvalue weighted by Crippen LogP contribution is -2.36. The van der Waals surface area contributed by atoms with Crippen LogP contribution in [0.25, 0.3) is 5.78 Å². The van der Waals surface area contributed by atoms with Gasteiger partial charge in [-0.3, -0.25) is 14.7 Å². The Hall–Kier alpha value is -2.87. The van der Waals surface area contributed by atoms with E-state index in [1.165, 1.54) is 10.9 Å². The Morgan fingerprint density at radius 3 is 2.63 bits per heavy atom. The number of nitrogens with one attached hydrogen (secondary N) is 2. The number of aryl methyl sites for hydroxylation is 1. The number of halogens is 1. The van der Waals surface area contributed by atoms with Crippen molar-refractivity contribution >= 4 is 29.2 Å². The number of hydrogen-bond acceptors (Lipinski definition) is 5. The number of nitrogens with zero attached hydrogens (tertiary/aromatic N) is 4. The molecule has 1 aromatic carbocycles. The van der Waals surface area contributed by atoms with Gasteiger partial charge in [0.2, 0.25) is 11.9 Å². The van der Waals surface area contributed by atoms with Crippen molar-refractivity contribution in [3.05, 3.63) is 56.5 Å². The molecule has 0 spiro atoms. The molecule has 1 amide bonds. The maximum atomic E-state index is 12.9. The maximum Gasteiger partial charge on any atom is 0.277 e. The van der Waals surface area contributed by atoms with E-state index in [1.807, 2.05) is 29.2 Å². The number of H-pyrrole nitrogens is 1. The fourth-order valence-corrected chi connectivity index (χ4v) is 3.87. The van der Waals surface area contributed by atoms with Gasteiger partial charge in [-0.1, -0.05) is 23.7 Å². The molecule has 0 radical (unpaired) electrons. The van der Waals surface area contributed by atoms with Crippen LogP contribution in [0.4, 0.5) is 5.95 Å². The Labute approximate surface area is 179 Å². The second-order valence-electron chi connectivity index (χ2n) is 7.61. The summed E-state index contributed by atoms with van der Waals surface area (Å²) in [4.78, 5) is 36.1. The summed E-state index contributed by atoms with van der Waals surface area (Å²) in [6.07, 6.45) is 3.99. The van der Waals surface area contributed by atoms with Crippen LogP contribution >= 0.6 is 11.6 Å². The molecule has 0 atom stereocenters. The molecular weight excluding hydrogens is 404 g/mol. The number of aromatic amines is 1. The number of hydrogen-bond donors (Lipinski definition) is 2. The number of amides is 1. The van der Waals surface area contributed by atoms with E-state index in [4.69, 9.17) is 11.6 Å². The largest absolute Gasteiger partial charge is 0.351 e. The number of fused-ring (bicyclic) bond motifs is 1. The highest BCUT2D eigenvalue weighted by Gasteiger charge is 2.19. The van der Waals surface area contributed by atoms with Crippen molar-refractivity contribution in [1.82, 2.24) is 24.5 Å². The second kappa shape index (κ2) is 8.87. The van der Waals surface area contributed by atoms with Gasteiger partial charge in [0.1, 0.15) is 0 Å². The Balaban J connectivity index is 1.47. The van der Waals surface area contributed by atoms with E-state index in [0.29, 0.717) is 47.4 Å². The van der Waals surface area contributed by atoms with Crippen LogP contribution in [0.5, 0.6) is 0 Å². The quantitative estimate of drug-likeness (QED) is 0.629. The van der Waals surface area contributed by atoms with E-state index in [9.17, 15) is 9.59 Å². The predicted octanol–water partition coefficient (Wildman–Crippen LogP) is 2.94. The first-order valence-corrected chi connectivity index (χ1v) is 10.6. The predicted molar refractivity (Wildman–Crippen MR) is 116 cm³/mol. The molecule has 0 bridgehead atoms. The summed E-state index contributed by atoms with van der Waals surface area (Å²) >= 11 is 5.91. The van der Waals surface area contributed by atoms with Crippen molar-refractivity contribution < 1.29 is 4.79 Å². The highest BCUT2D eigenvalue weighted by atomic mass is 35.5. The molecule has 1 aliphatic rings. The molecule has 1 aliphatic heterocycles. The summed E-state index contributed by atoms with van der Waals surface area (Å²) < 4.78 is 1.33. The van der Waals surface area contributed by atoms with E-state index in [2.05, 4.69) is 20.4 Å². The molecule has 3 aromatic rings. The van der Waals surface area contributed by atoms with Gasteiger partial charge in [-0.05, 0) is 50.3 Å². The zero-order valence-corrected chi connectivity index (χ0v) is 17.7. The van der Waals surface area contributed by atoms with Crippen molar-refractivity contribution in [1.29, 1.82) is 0 Å². The topological polar surface area (TPSA) is 95.4 Å².